The maximum atomic E-state index is 13.8. The van der Waals surface area contributed by atoms with E-state index in [2.05, 4.69) is 21.4 Å². The van der Waals surface area contributed by atoms with Gasteiger partial charge in [0.05, 0.1) is 5.60 Å². The van der Waals surface area contributed by atoms with Crippen LogP contribution in [0.1, 0.15) is 38.3 Å². The molecule has 1 rings (SSSR count). The van der Waals surface area contributed by atoms with E-state index >= 15 is 0 Å². The van der Waals surface area contributed by atoms with Gasteiger partial charge in [0.1, 0.15) is 5.82 Å². The summed E-state index contributed by atoms with van der Waals surface area (Å²) in [6.07, 6.45) is 1.48. The van der Waals surface area contributed by atoms with Crippen LogP contribution in [0.25, 0.3) is 0 Å². The standard InChI is InChI=1S/C13H20BrFN2O/c1-13(2,18-3)7-6-12(17-16)10-8-9(14)4-5-11(10)15/h4-5,8,12,17H,6-7,16H2,1-3H3. The molecule has 3 nitrogen and oxygen atoms in total. The number of methoxy groups -OCH3 is 1. The molecule has 0 aliphatic heterocycles. The van der Waals surface area contributed by atoms with E-state index in [9.17, 15) is 4.39 Å². The number of hydrazine groups is 1. The minimum Gasteiger partial charge on any atom is -0.379 e. The van der Waals surface area contributed by atoms with E-state index in [1.165, 1.54) is 6.07 Å². The van der Waals surface area contributed by atoms with E-state index in [4.69, 9.17) is 10.6 Å². The summed E-state index contributed by atoms with van der Waals surface area (Å²) in [4.78, 5) is 0. The van der Waals surface area contributed by atoms with Crippen molar-refractivity contribution in [2.24, 2.45) is 5.84 Å². The van der Waals surface area contributed by atoms with Crippen LogP contribution >= 0.6 is 15.9 Å². The van der Waals surface area contributed by atoms with Crippen molar-refractivity contribution in [3.05, 3.63) is 34.1 Å². The molecule has 1 aromatic rings. The van der Waals surface area contributed by atoms with Gasteiger partial charge in [-0.15, -0.1) is 0 Å². The number of nitrogens with one attached hydrogen (secondary N) is 1. The lowest BCUT2D eigenvalue weighted by molar-refractivity contribution is 0.0116. The Hall–Kier alpha value is -0.490. The predicted octanol–water partition coefficient (Wildman–Crippen LogP) is 3.30. The average molecular weight is 319 g/mol. The lowest BCUT2D eigenvalue weighted by Crippen LogP contribution is -2.31. The molecule has 0 heterocycles. The number of rotatable bonds is 6. The van der Waals surface area contributed by atoms with Crippen LogP contribution in [0.5, 0.6) is 0 Å². The van der Waals surface area contributed by atoms with Crippen LogP contribution in [0, 0.1) is 5.82 Å². The smallest absolute Gasteiger partial charge is 0.128 e. The van der Waals surface area contributed by atoms with Gasteiger partial charge in [-0.25, -0.2) is 4.39 Å². The molecular weight excluding hydrogens is 299 g/mol. The summed E-state index contributed by atoms with van der Waals surface area (Å²) in [6.45, 7) is 4.00. The highest BCUT2D eigenvalue weighted by Crippen LogP contribution is 2.27. The van der Waals surface area contributed by atoms with Gasteiger partial charge in [-0.1, -0.05) is 15.9 Å². The monoisotopic (exact) mass is 318 g/mol. The summed E-state index contributed by atoms with van der Waals surface area (Å²) >= 11 is 3.34. The Kier molecular flexibility index (Phi) is 5.72. The number of hydrogen-bond donors (Lipinski definition) is 2. The topological polar surface area (TPSA) is 47.3 Å². The molecule has 0 fully saturated rings. The first-order valence-corrected chi connectivity index (χ1v) is 6.65. The van der Waals surface area contributed by atoms with Crippen LogP contribution in [-0.4, -0.2) is 12.7 Å². The molecule has 0 saturated carbocycles. The second kappa shape index (κ2) is 6.61. The van der Waals surface area contributed by atoms with Crippen molar-refractivity contribution in [2.75, 3.05) is 7.11 Å². The van der Waals surface area contributed by atoms with Crippen molar-refractivity contribution in [3.63, 3.8) is 0 Å². The van der Waals surface area contributed by atoms with E-state index in [0.717, 1.165) is 10.9 Å². The molecule has 0 bridgehead atoms. The van der Waals surface area contributed by atoms with Gasteiger partial charge in [0, 0.05) is 23.2 Å². The minimum absolute atomic E-state index is 0.225. The third kappa shape index (κ3) is 4.31. The molecule has 102 valence electrons. The molecule has 3 N–H and O–H groups in total. The molecule has 1 unspecified atom stereocenters. The van der Waals surface area contributed by atoms with Crippen LogP contribution in [-0.2, 0) is 4.74 Å². The lowest BCUT2D eigenvalue weighted by Gasteiger charge is -2.26. The van der Waals surface area contributed by atoms with Crippen LogP contribution < -0.4 is 11.3 Å². The minimum atomic E-state index is -0.253. The number of halogens is 2. The third-order valence-corrected chi connectivity index (χ3v) is 3.62. The van der Waals surface area contributed by atoms with E-state index in [-0.39, 0.29) is 17.5 Å². The number of benzene rings is 1. The van der Waals surface area contributed by atoms with Gasteiger partial charge < -0.3 is 4.74 Å². The SMILES string of the molecule is COC(C)(C)CCC(NN)c1cc(Br)ccc1F. The fourth-order valence-corrected chi connectivity index (χ4v) is 2.08. The normalized spacial score (nSPS) is 13.7. The first-order valence-electron chi connectivity index (χ1n) is 5.86. The van der Waals surface area contributed by atoms with E-state index < -0.39 is 0 Å². The van der Waals surface area contributed by atoms with E-state index in [1.807, 2.05) is 13.8 Å². The van der Waals surface area contributed by atoms with Crippen LogP contribution in [0.4, 0.5) is 4.39 Å². The van der Waals surface area contributed by atoms with Gasteiger partial charge in [-0.2, -0.15) is 0 Å². The first-order chi connectivity index (χ1) is 8.39. The maximum Gasteiger partial charge on any atom is 0.128 e. The van der Waals surface area contributed by atoms with Crippen LogP contribution in [0.15, 0.2) is 22.7 Å². The molecule has 1 aromatic carbocycles. The number of ether oxygens (including phenoxy) is 1. The number of hydrogen-bond acceptors (Lipinski definition) is 3. The van der Waals surface area contributed by atoms with Gasteiger partial charge >= 0.3 is 0 Å². The van der Waals surface area contributed by atoms with Crippen molar-refractivity contribution in [1.82, 2.24) is 5.43 Å². The summed E-state index contributed by atoms with van der Waals surface area (Å²) in [6, 6.07) is 4.63. The Labute approximate surface area is 116 Å². The molecule has 0 amide bonds. The second-order valence-electron chi connectivity index (χ2n) is 4.89. The fourth-order valence-electron chi connectivity index (χ4n) is 1.70. The predicted molar refractivity (Wildman–Crippen MR) is 74.5 cm³/mol. The first kappa shape index (κ1) is 15.6. The highest BCUT2D eigenvalue weighted by atomic mass is 79.9. The van der Waals surface area contributed by atoms with Gasteiger partial charge in [0.25, 0.3) is 0 Å². The van der Waals surface area contributed by atoms with E-state index in [1.54, 1.807) is 19.2 Å². The third-order valence-electron chi connectivity index (χ3n) is 3.12. The highest BCUT2D eigenvalue weighted by molar-refractivity contribution is 9.10. The second-order valence-corrected chi connectivity index (χ2v) is 5.80. The largest absolute Gasteiger partial charge is 0.379 e. The molecule has 0 aliphatic rings. The average Bonchev–Trinajstić information content (AvgIpc) is 2.34. The zero-order valence-electron chi connectivity index (χ0n) is 11.0. The van der Waals surface area contributed by atoms with E-state index in [0.29, 0.717) is 12.0 Å². The van der Waals surface area contributed by atoms with Crippen molar-refractivity contribution >= 4 is 15.9 Å². The van der Waals surface area contributed by atoms with Gasteiger partial charge in [0.15, 0.2) is 0 Å². The van der Waals surface area contributed by atoms with Crippen molar-refractivity contribution in [3.8, 4) is 0 Å². The van der Waals surface area contributed by atoms with Crippen molar-refractivity contribution in [2.45, 2.75) is 38.3 Å². The molecular formula is C13H20BrFN2O. The van der Waals surface area contributed by atoms with Gasteiger partial charge in [-0.05, 0) is 44.9 Å². The van der Waals surface area contributed by atoms with Crippen molar-refractivity contribution in [1.29, 1.82) is 0 Å². The quantitative estimate of drug-likeness (QED) is 0.625. The zero-order valence-corrected chi connectivity index (χ0v) is 12.6. The summed E-state index contributed by atoms with van der Waals surface area (Å²) in [5, 5.41) is 0. The van der Waals surface area contributed by atoms with Crippen LogP contribution in [0.3, 0.4) is 0 Å². The van der Waals surface area contributed by atoms with Crippen LogP contribution in [0.2, 0.25) is 0 Å². The maximum absolute atomic E-state index is 13.8. The van der Waals surface area contributed by atoms with Crippen molar-refractivity contribution < 1.29 is 9.13 Å². The molecule has 0 spiro atoms. The Morgan fingerprint density at radius 2 is 2.17 bits per heavy atom. The number of nitrogens with two attached hydrogens (primary N) is 1. The van der Waals surface area contributed by atoms with Gasteiger partial charge in [0.2, 0.25) is 0 Å². The Morgan fingerprint density at radius 3 is 2.72 bits per heavy atom. The summed E-state index contributed by atoms with van der Waals surface area (Å²) < 4.78 is 19.9. The Balaban J connectivity index is 2.80. The molecule has 1 atom stereocenters. The lowest BCUT2D eigenvalue weighted by atomic mass is 9.95. The summed E-state index contributed by atoms with van der Waals surface area (Å²) in [5.74, 6) is 5.27. The molecule has 18 heavy (non-hydrogen) atoms. The summed E-state index contributed by atoms with van der Waals surface area (Å²) in [7, 11) is 1.67. The Morgan fingerprint density at radius 1 is 1.50 bits per heavy atom. The highest BCUT2D eigenvalue weighted by Gasteiger charge is 2.21. The van der Waals surface area contributed by atoms with Gasteiger partial charge in [-0.3, -0.25) is 11.3 Å². The molecule has 0 radical (unpaired) electrons. The molecule has 0 saturated heterocycles. The molecule has 0 aromatic heterocycles. The fraction of sp³-hybridized carbons (Fsp3) is 0.538. The summed E-state index contributed by atoms with van der Waals surface area (Å²) in [5.41, 5.74) is 3.00. The zero-order chi connectivity index (χ0) is 13.8. The molecule has 0 aliphatic carbocycles. The molecule has 5 heteroatoms. The Bertz CT molecular complexity index is 399.